The minimum Gasteiger partial charge on any atom is -0.501 e. The van der Waals surface area contributed by atoms with Crippen LogP contribution in [0, 0.1) is 11.3 Å². The molecule has 0 aliphatic carbocycles. The Bertz CT molecular complexity index is 1460. The summed E-state index contributed by atoms with van der Waals surface area (Å²) in [6.45, 7) is 3.82. The zero-order valence-electron chi connectivity index (χ0n) is 19.3. The highest BCUT2D eigenvalue weighted by molar-refractivity contribution is 6.04. The van der Waals surface area contributed by atoms with Crippen molar-refractivity contribution in [1.29, 1.82) is 5.26 Å². The number of amides is 1. The van der Waals surface area contributed by atoms with E-state index in [1.165, 1.54) is 17.0 Å². The van der Waals surface area contributed by atoms with Crippen LogP contribution in [0.25, 0.3) is 0 Å². The number of carbonyl (C=O) groups excluding carboxylic acids is 1. The van der Waals surface area contributed by atoms with Gasteiger partial charge in [-0.25, -0.2) is 4.98 Å². The molecule has 0 aliphatic rings. The Morgan fingerprint density at radius 1 is 1.31 bits per heavy atom. The molecule has 0 unspecified atom stereocenters. The van der Waals surface area contributed by atoms with Crippen molar-refractivity contribution >= 4 is 11.6 Å². The van der Waals surface area contributed by atoms with Crippen molar-refractivity contribution in [3.8, 4) is 11.8 Å². The van der Waals surface area contributed by atoms with Gasteiger partial charge in [-0.05, 0) is 24.1 Å². The highest BCUT2D eigenvalue weighted by atomic mass is 16.5. The topological polar surface area (TPSA) is 152 Å². The van der Waals surface area contributed by atoms with Gasteiger partial charge in [-0.2, -0.15) is 10.4 Å². The van der Waals surface area contributed by atoms with E-state index in [-0.39, 0.29) is 18.1 Å². The van der Waals surface area contributed by atoms with Gasteiger partial charge in [-0.1, -0.05) is 30.3 Å². The van der Waals surface area contributed by atoms with Gasteiger partial charge in [0.2, 0.25) is 5.75 Å². The maximum Gasteiger partial charge on any atom is 0.296 e. The number of nitrogens with zero attached hydrogens (tertiary/aromatic N) is 6. The fraction of sp³-hybridized carbons (Fsp3) is 0.250. The van der Waals surface area contributed by atoms with E-state index < -0.39 is 34.7 Å². The quantitative estimate of drug-likeness (QED) is 0.416. The normalized spacial score (nSPS) is 12.6. The molecule has 11 heteroatoms. The minimum atomic E-state index is -0.783. The summed E-state index contributed by atoms with van der Waals surface area (Å²) in [5.74, 6) is -2.15. The first kappa shape index (κ1) is 23.4. The third-order valence-corrected chi connectivity index (χ3v) is 5.80. The molecule has 4 aromatic rings. The molecule has 4 rings (SSSR count). The van der Waals surface area contributed by atoms with Crippen molar-refractivity contribution in [1.82, 2.24) is 24.5 Å². The van der Waals surface area contributed by atoms with Crippen LogP contribution in [-0.4, -0.2) is 35.5 Å². The molecular weight excluding hydrogens is 450 g/mol. The molecule has 2 atom stereocenters. The largest absolute Gasteiger partial charge is 0.501 e. The van der Waals surface area contributed by atoms with Gasteiger partial charge >= 0.3 is 0 Å². The molecule has 0 fully saturated rings. The number of hydrogen-bond donors (Lipinski definition) is 2. The van der Waals surface area contributed by atoms with Crippen LogP contribution in [0.5, 0.6) is 5.75 Å². The molecule has 11 nitrogen and oxygen atoms in total. The lowest BCUT2D eigenvalue weighted by molar-refractivity contribution is 0.101. The van der Waals surface area contributed by atoms with E-state index in [2.05, 4.69) is 26.6 Å². The van der Waals surface area contributed by atoms with Crippen LogP contribution in [0.15, 0.2) is 58.4 Å². The van der Waals surface area contributed by atoms with Crippen LogP contribution >= 0.6 is 0 Å². The van der Waals surface area contributed by atoms with Crippen LogP contribution < -0.4 is 10.9 Å². The van der Waals surface area contributed by atoms with E-state index in [1.807, 2.05) is 25.3 Å². The van der Waals surface area contributed by atoms with E-state index in [9.17, 15) is 20.0 Å². The van der Waals surface area contributed by atoms with Gasteiger partial charge in [0.1, 0.15) is 17.8 Å². The third-order valence-electron chi connectivity index (χ3n) is 5.80. The van der Waals surface area contributed by atoms with Crippen molar-refractivity contribution < 1.29 is 14.4 Å². The predicted octanol–water partition coefficient (Wildman–Crippen LogP) is 2.75. The summed E-state index contributed by atoms with van der Waals surface area (Å²) in [6, 6.07) is 9.41. The molecular formula is C24H23N7O4. The van der Waals surface area contributed by atoms with Crippen LogP contribution in [-0.2, 0) is 13.6 Å². The highest BCUT2D eigenvalue weighted by Gasteiger charge is 2.31. The average molecular weight is 473 g/mol. The Hall–Kier alpha value is -4.72. The van der Waals surface area contributed by atoms with Crippen molar-refractivity contribution in [3.05, 3.63) is 87.7 Å². The lowest BCUT2D eigenvalue weighted by atomic mass is 9.80. The van der Waals surface area contributed by atoms with E-state index in [0.29, 0.717) is 5.56 Å². The summed E-state index contributed by atoms with van der Waals surface area (Å²) >= 11 is 0. The van der Waals surface area contributed by atoms with E-state index in [4.69, 9.17) is 4.52 Å². The molecule has 0 spiro atoms. The summed E-state index contributed by atoms with van der Waals surface area (Å²) in [4.78, 5) is 30.4. The molecule has 2 N–H and O–H groups in total. The molecule has 0 radical (unpaired) electrons. The fourth-order valence-electron chi connectivity index (χ4n) is 4.19. The SMILES string of the molecule is CCn1c([C@H](C)[C@H](c2cnn(C)c2)c2ccccc2C#N)nc(C(=O)Nc2cnoc2)c(O)c1=O. The number of benzene rings is 1. The first-order chi connectivity index (χ1) is 16.8. The van der Waals surface area contributed by atoms with Crippen LogP contribution in [0.1, 0.15) is 58.7 Å². The van der Waals surface area contributed by atoms with Crippen molar-refractivity contribution in [2.45, 2.75) is 32.2 Å². The number of hydrogen-bond acceptors (Lipinski definition) is 8. The number of aromatic hydroxyl groups is 1. The van der Waals surface area contributed by atoms with Gasteiger partial charge in [0, 0.05) is 31.6 Å². The summed E-state index contributed by atoms with van der Waals surface area (Å²) in [6.07, 6.45) is 6.03. The van der Waals surface area contributed by atoms with Gasteiger partial charge in [-0.3, -0.25) is 18.8 Å². The maximum absolute atomic E-state index is 13.1. The van der Waals surface area contributed by atoms with E-state index in [0.717, 1.165) is 11.1 Å². The average Bonchev–Trinajstić information content (AvgIpc) is 3.52. The maximum atomic E-state index is 13.1. The predicted molar refractivity (Wildman–Crippen MR) is 125 cm³/mol. The highest BCUT2D eigenvalue weighted by Crippen LogP contribution is 2.39. The number of aryl methyl sites for hydroxylation is 1. The Kier molecular flexibility index (Phi) is 6.46. The lowest BCUT2D eigenvalue weighted by Gasteiger charge is -2.26. The second kappa shape index (κ2) is 9.64. The molecule has 3 aromatic heterocycles. The number of nitriles is 1. The number of carbonyl (C=O) groups is 1. The lowest BCUT2D eigenvalue weighted by Crippen LogP contribution is -2.31. The van der Waals surface area contributed by atoms with Crippen LogP contribution in [0.4, 0.5) is 5.69 Å². The minimum absolute atomic E-state index is 0.215. The fourth-order valence-corrected chi connectivity index (χ4v) is 4.19. The number of aromatic nitrogens is 5. The number of anilines is 1. The van der Waals surface area contributed by atoms with Gasteiger partial charge in [0.15, 0.2) is 5.69 Å². The van der Waals surface area contributed by atoms with Crippen molar-refractivity contribution in [2.75, 3.05) is 5.32 Å². The molecule has 0 saturated carbocycles. The zero-order valence-corrected chi connectivity index (χ0v) is 19.3. The van der Waals surface area contributed by atoms with Crippen molar-refractivity contribution in [3.63, 3.8) is 0 Å². The molecule has 0 aliphatic heterocycles. The molecule has 1 aromatic carbocycles. The summed E-state index contributed by atoms with van der Waals surface area (Å²) in [5.41, 5.74) is 1.11. The summed E-state index contributed by atoms with van der Waals surface area (Å²) in [7, 11) is 1.79. The van der Waals surface area contributed by atoms with Gasteiger partial charge in [0.25, 0.3) is 11.5 Å². The Labute approximate surface area is 200 Å². The Morgan fingerprint density at radius 2 is 2.09 bits per heavy atom. The first-order valence-corrected chi connectivity index (χ1v) is 10.9. The molecule has 0 saturated heterocycles. The molecule has 0 bridgehead atoms. The van der Waals surface area contributed by atoms with Gasteiger partial charge < -0.3 is 14.9 Å². The Balaban J connectivity index is 1.88. The number of nitrogens with one attached hydrogen (secondary N) is 1. The van der Waals surface area contributed by atoms with Crippen LogP contribution in [0.3, 0.4) is 0 Å². The number of rotatable bonds is 7. The smallest absolute Gasteiger partial charge is 0.296 e. The monoisotopic (exact) mass is 473 g/mol. The van der Waals surface area contributed by atoms with E-state index >= 15 is 0 Å². The second-order valence-corrected chi connectivity index (χ2v) is 8.00. The Morgan fingerprint density at radius 3 is 2.71 bits per heavy atom. The summed E-state index contributed by atoms with van der Waals surface area (Å²) in [5, 5.41) is 30.6. The van der Waals surface area contributed by atoms with Crippen LogP contribution in [0.2, 0.25) is 0 Å². The molecule has 1 amide bonds. The van der Waals surface area contributed by atoms with Gasteiger partial charge in [-0.15, -0.1) is 0 Å². The second-order valence-electron chi connectivity index (χ2n) is 8.00. The third kappa shape index (κ3) is 4.41. The van der Waals surface area contributed by atoms with E-state index in [1.54, 1.807) is 37.0 Å². The zero-order chi connectivity index (χ0) is 25.1. The molecule has 178 valence electrons. The summed E-state index contributed by atoms with van der Waals surface area (Å²) < 4.78 is 7.69. The first-order valence-electron chi connectivity index (χ1n) is 10.9. The molecule has 35 heavy (non-hydrogen) atoms. The van der Waals surface area contributed by atoms with Crippen molar-refractivity contribution in [2.24, 2.45) is 7.05 Å². The molecule has 3 heterocycles. The van der Waals surface area contributed by atoms with Gasteiger partial charge in [0.05, 0.1) is 24.0 Å². The standard InChI is InChI=1S/C24H23N7O4/c1-4-31-22(29-20(21(32)24(31)34)23(33)28-17-11-27-35-13-17)14(2)19(16-10-26-30(3)12-16)18-8-6-5-7-15(18)9-25/h5-8,10-14,19,32H,4H2,1-3H3,(H,28,33)/t14-,19-/m1/s1.